The van der Waals surface area contributed by atoms with E-state index in [1.807, 2.05) is 12.1 Å². The third-order valence-electron chi connectivity index (χ3n) is 4.24. The zero-order chi connectivity index (χ0) is 15.3. The lowest BCUT2D eigenvalue weighted by Gasteiger charge is -2.38. The molecular weight excluding hydrogens is 284 g/mol. The van der Waals surface area contributed by atoms with Crippen LogP contribution in [0.1, 0.15) is 45.1 Å². The van der Waals surface area contributed by atoms with Crippen molar-refractivity contribution in [2.45, 2.75) is 51.0 Å². The maximum Gasteiger partial charge on any atom is 0.240 e. The molecule has 118 valence electrons. The average molecular weight is 310 g/mol. The molecule has 1 aliphatic rings. The Morgan fingerprint density at radius 2 is 1.86 bits per heavy atom. The molecule has 1 aromatic carbocycles. The molecule has 0 unspecified atom stereocenters. The van der Waals surface area contributed by atoms with E-state index in [2.05, 4.69) is 23.9 Å². The van der Waals surface area contributed by atoms with E-state index in [0.717, 1.165) is 37.9 Å². The molecule has 1 fully saturated rings. The van der Waals surface area contributed by atoms with Crippen molar-refractivity contribution < 1.29 is 8.42 Å². The summed E-state index contributed by atoms with van der Waals surface area (Å²) in [5.74, 6) is 0. The van der Waals surface area contributed by atoms with Gasteiger partial charge in [-0.05, 0) is 48.9 Å². The van der Waals surface area contributed by atoms with Crippen LogP contribution in [0.5, 0.6) is 0 Å². The van der Waals surface area contributed by atoms with E-state index in [-0.39, 0.29) is 5.41 Å². The monoisotopic (exact) mass is 310 g/mol. The van der Waals surface area contributed by atoms with E-state index in [0.29, 0.717) is 11.4 Å². The minimum atomic E-state index is -3.38. The normalized spacial score (nSPS) is 17.4. The lowest BCUT2D eigenvalue weighted by atomic mass is 9.71. The summed E-state index contributed by atoms with van der Waals surface area (Å²) in [6.07, 6.45) is 4.52. The molecule has 1 aliphatic carbocycles. The van der Waals surface area contributed by atoms with Gasteiger partial charge < -0.3 is 5.32 Å². The number of sulfonamides is 1. The van der Waals surface area contributed by atoms with Gasteiger partial charge in [0, 0.05) is 13.1 Å². The Kier molecular flexibility index (Phi) is 5.41. The van der Waals surface area contributed by atoms with Crippen molar-refractivity contribution in [2.75, 3.05) is 13.1 Å². The minimum absolute atomic E-state index is 0.150. The molecule has 21 heavy (non-hydrogen) atoms. The van der Waals surface area contributed by atoms with Crippen LogP contribution >= 0.6 is 0 Å². The SMILES string of the molecule is CCCNCc1ccc(S(=O)(=O)NCC2(C)CCC2)cc1. The molecule has 0 aliphatic heterocycles. The standard InChI is InChI=1S/C16H26N2O2S/c1-3-11-17-12-14-5-7-15(8-6-14)21(19,20)18-13-16(2)9-4-10-16/h5-8,17-18H,3-4,9-13H2,1-2H3. The highest BCUT2D eigenvalue weighted by Crippen LogP contribution is 2.39. The second-order valence-corrected chi connectivity index (χ2v) is 8.08. The molecular formula is C16H26N2O2S. The maximum absolute atomic E-state index is 12.3. The first-order chi connectivity index (χ1) is 9.95. The number of nitrogens with one attached hydrogen (secondary N) is 2. The zero-order valence-electron chi connectivity index (χ0n) is 13.0. The van der Waals surface area contributed by atoms with Crippen LogP contribution < -0.4 is 10.0 Å². The van der Waals surface area contributed by atoms with Gasteiger partial charge in [0.15, 0.2) is 0 Å². The number of hydrogen-bond donors (Lipinski definition) is 2. The molecule has 0 radical (unpaired) electrons. The van der Waals surface area contributed by atoms with Crippen molar-refractivity contribution in [1.82, 2.24) is 10.0 Å². The molecule has 1 saturated carbocycles. The summed E-state index contributed by atoms with van der Waals surface area (Å²) in [7, 11) is -3.38. The fourth-order valence-electron chi connectivity index (χ4n) is 2.51. The Morgan fingerprint density at radius 3 is 2.38 bits per heavy atom. The van der Waals surface area contributed by atoms with E-state index < -0.39 is 10.0 Å². The van der Waals surface area contributed by atoms with Crippen molar-refractivity contribution in [1.29, 1.82) is 0 Å². The Morgan fingerprint density at radius 1 is 1.19 bits per heavy atom. The van der Waals surface area contributed by atoms with Crippen molar-refractivity contribution in [3.63, 3.8) is 0 Å². The summed E-state index contributed by atoms with van der Waals surface area (Å²) in [5.41, 5.74) is 1.25. The van der Waals surface area contributed by atoms with Gasteiger partial charge in [-0.15, -0.1) is 0 Å². The van der Waals surface area contributed by atoms with Gasteiger partial charge in [-0.3, -0.25) is 0 Å². The predicted molar refractivity (Wildman–Crippen MR) is 85.6 cm³/mol. The highest BCUT2D eigenvalue weighted by Gasteiger charge is 2.32. The van der Waals surface area contributed by atoms with Gasteiger partial charge in [-0.1, -0.05) is 32.4 Å². The summed E-state index contributed by atoms with van der Waals surface area (Å²) in [4.78, 5) is 0.352. The Labute approximate surface area is 128 Å². The second-order valence-electron chi connectivity index (χ2n) is 6.31. The van der Waals surface area contributed by atoms with Crippen LogP contribution in [0.2, 0.25) is 0 Å². The number of rotatable bonds is 8. The first kappa shape index (κ1) is 16.5. The Balaban J connectivity index is 1.93. The Hall–Kier alpha value is -0.910. The smallest absolute Gasteiger partial charge is 0.240 e. The molecule has 1 aromatic rings. The molecule has 2 rings (SSSR count). The Bertz CT molecular complexity index is 548. The molecule has 0 atom stereocenters. The molecule has 0 spiro atoms. The molecule has 0 bridgehead atoms. The van der Waals surface area contributed by atoms with Crippen LogP contribution in [0.3, 0.4) is 0 Å². The quantitative estimate of drug-likeness (QED) is 0.726. The lowest BCUT2D eigenvalue weighted by Crippen LogP contribution is -2.39. The van der Waals surface area contributed by atoms with E-state index in [9.17, 15) is 8.42 Å². The average Bonchev–Trinajstić information content (AvgIpc) is 2.44. The van der Waals surface area contributed by atoms with Gasteiger partial charge in [0.05, 0.1) is 4.90 Å². The van der Waals surface area contributed by atoms with Crippen molar-refractivity contribution >= 4 is 10.0 Å². The zero-order valence-corrected chi connectivity index (χ0v) is 13.8. The number of benzene rings is 1. The molecule has 0 saturated heterocycles. The largest absolute Gasteiger partial charge is 0.313 e. The van der Waals surface area contributed by atoms with Crippen LogP contribution in [-0.2, 0) is 16.6 Å². The van der Waals surface area contributed by atoms with Gasteiger partial charge in [0.25, 0.3) is 0 Å². The highest BCUT2D eigenvalue weighted by molar-refractivity contribution is 7.89. The third-order valence-corrected chi connectivity index (χ3v) is 5.66. The lowest BCUT2D eigenvalue weighted by molar-refractivity contribution is 0.166. The number of hydrogen-bond acceptors (Lipinski definition) is 3. The molecule has 0 heterocycles. The van der Waals surface area contributed by atoms with Crippen LogP contribution in [0.4, 0.5) is 0 Å². The predicted octanol–water partition coefficient (Wildman–Crippen LogP) is 2.65. The summed E-state index contributed by atoms with van der Waals surface area (Å²) >= 11 is 0. The summed E-state index contributed by atoms with van der Waals surface area (Å²) in [6, 6.07) is 7.13. The highest BCUT2D eigenvalue weighted by atomic mass is 32.2. The van der Waals surface area contributed by atoms with Crippen molar-refractivity contribution in [3.8, 4) is 0 Å². The minimum Gasteiger partial charge on any atom is -0.313 e. The molecule has 0 aromatic heterocycles. The van der Waals surface area contributed by atoms with Crippen LogP contribution in [-0.4, -0.2) is 21.5 Å². The summed E-state index contributed by atoms with van der Waals surface area (Å²) < 4.78 is 27.3. The van der Waals surface area contributed by atoms with Gasteiger partial charge in [0.2, 0.25) is 10.0 Å². The fourth-order valence-corrected chi connectivity index (χ4v) is 3.71. The van der Waals surface area contributed by atoms with Gasteiger partial charge in [-0.2, -0.15) is 0 Å². The molecule has 5 heteroatoms. The van der Waals surface area contributed by atoms with E-state index in [1.165, 1.54) is 6.42 Å². The first-order valence-corrected chi connectivity index (χ1v) is 9.23. The molecule has 2 N–H and O–H groups in total. The van der Waals surface area contributed by atoms with Gasteiger partial charge >= 0.3 is 0 Å². The van der Waals surface area contributed by atoms with Crippen LogP contribution in [0, 0.1) is 5.41 Å². The van der Waals surface area contributed by atoms with E-state index in [4.69, 9.17) is 0 Å². The fraction of sp³-hybridized carbons (Fsp3) is 0.625. The van der Waals surface area contributed by atoms with E-state index in [1.54, 1.807) is 12.1 Å². The van der Waals surface area contributed by atoms with E-state index >= 15 is 0 Å². The first-order valence-electron chi connectivity index (χ1n) is 7.74. The van der Waals surface area contributed by atoms with Crippen molar-refractivity contribution in [3.05, 3.63) is 29.8 Å². The summed E-state index contributed by atoms with van der Waals surface area (Å²) in [5, 5.41) is 3.30. The summed E-state index contributed by atoms with van der Waals surface area (Å²) in [6.45, 7) is 6.55. The maximum atomic E-state index is 12.3. The molecule has 0 amide bonds. The topological polar surface area (TPSA) is 58.2 Å². The van der Waals surface area contributed by atoms with Crippen LogP contribution in [0.15, 0.2) is 29.2 Å². The molecule has 4 nitrogen and oxygen atoms in total. The van der Waals surface area contributed by atoms with Gasteiger partial charge in [-0.25, -0.2) is 13.1 Å². The van der Waals surface area contributed by atoms with Crippen LogP contribution in [0.25, 0.3) is 0 Å². The van der Waals surface area contributed by atoms with Crippen molar-refractivity contribution in [2.24, 2.45) is 5.41 Å². The van der Waals surface area contributed by atoms with Gasteiger partial charge in [0.1, 0.15) is 0 Å². The second kappa shape index (κ2) is 6.90. The third kappa shape index (κ3) is 4.53.